The van der Waals surface area contributed by atoms with E-state index in [-0.39, 0.29) is 12.1 Å². The number of nitrogens with zero attached hydrogens (tertiary/aromatic N) is 2. The lowest BCUT2D eigenvalue weighted by Crippen LogP contribution is -2.50. The Bertz CT molecular complexity index is 782. The molecule has 0 aromatic heterocycles. The largest absolute Gasteiger partial charge is 0.389 e. The number of aliphatic hydroxyl groups is 1. The van der Waals surface area contributed by atoms with Gasteiger partial charge < -0.3 is 9.84 Å². The van der Waals surface area contributed by atoms with Gasteiger partial charge in [0.15, 0.2) is 0 Å². The predicted molar refractivity (Wildman–Crippen MR) is 129 cm³/mol. The molecule has 1 saturated heterocycles. The Morgan fingerprint density at radius 1 is 0.844 bits per heavy atom. The number of ether oxygens (including phenoxy) is 1. The molecule has 1 N–H and O–H groups in total. The first kappa shape index (κ1) is 22.1. The van der Waals surface area contributed by atoms with E-state index in [1.807, 2.05) is 0 Å². The number of aliphatic hydroxyl groups excluding tert-OH is 1. The quantitative estimate of drug-likeness (QED) is 0.641. The summed E-state index contributed by atoms with van der Waals surface area (Å²) in [6.07, 6.45) is 5.23. The van der Waals surface area contributed by atoms with Crippen molar-refractivity contribution in [1.29, 1.82) is 0 Å². The van der Waals surface area contributed by atoms with Crippen LogP contribution in [-0.4, -0.2) is 66.9 Å². The van der Waals surface area contributed by atoms with Gasteiger partial charge in [-0.05, 0) is 48.1 Å². The molecule has 32 heavy (non-hydrogen) atoms. The molecule has 0 amide bonds. The zero-order valence-electron chi connectivity index (χ0n) is 19.2. The van der Waals surface area contributed by atoms with Gasteiger partial charge in [0, 0.05) is 39.3 Å². The molecule has 4 heteroatoms. The number of β-amino-alcohol motifs (C(OH)–C–C–N with tert-alkyl or cyclic N) is 1. The van der Waals surface area contributed by atoms with Crippen LogP contribution in [0.5, 0.6) is 0 Å². The van der Waals surface area contributed by atoms with Crippen LogP contribution in [0.25, 0.3) is 0 Å². The summed E-state index contributed by atoms with van der Waals surface area (Å²) >= 11 is 0. The second-order valence-electron chi connectivity index (χ2n) is 10.2. The predicted octanol–water partition coefficient (Wildman–Crippen LogP) is 4.21. The third-order valence-electron chi connectivity index (χ3n) is 8.00. The zero-order valence-corrected chi connectivity index (χ0v) is 19.2. The molecule has 0 unspecified atom stereocenters. The molecule has 2 aromatic carbocycles. The van der Waals surface area contributed by atoms with Gasteiger partial charge in [-0.2, -0.15) is 0 Å². The van der Waals surface area contributed by atoms with Crippen LogP contribution >= 0.6 is 0 Å². The summed E-state index contributed by atoms with van der Waals surface area (Å²) < 4.78 is 5.96. The molecule has 2 aliphatic carbocycles. The zero-order chi connectivity index (χ0) is 21.8. The molecule has 2 bridgehead atoms. The van der Waals surface area contributed by atoms with E-state index >= 15 is 0 Å². The highest BCUT2D eigenvalue weighted by Crippen LogP contribution is 2.48. The van der Waals surface area contributed by atoms with Crippen LogP contribution in [0.4, 0.5) is 0 Å². The maximum atomic E-state index is 10.6. The molecule has 0 spiro atoms. The minimum atomic E-state index is -0.390. The lowest BCUT2D eigenvalue weighted by molar-refractivity contribution is -0.0101. The summed E-state index contributed by atoms with van der Waals surface area (Å²) in [5.41, 5.74) is 2.70. The fourth-order valence-corrected chi connectivity index (χ4v) is 6.38. The van der Waals surface area contributed by atoms with Gasteiger partial charge >= 0.3 is 0 Å². The Labute approximate surface area is 193 Å². The highest BCUT2D eigenvalue weighted by atomic mass is 16.5. The second kappa shape index (κ2) is 10.5. The van der Waals surface area contributed by atoms with Crippen molar-refractivity contribution < 1.29 is 9.84 Å². The maximum absolute atomic E-state index is 10.6. The molecule has 1 heterocycles. The third kappa shape index (κ3) is 5.26. The molecule has 1 aliphatic heterocycles. The SMILES string of the molecule is O[C@H](COC[C@H]1C[C@@H]2CC[C@@H]1C2)CN1CCN(C(c2ccccc2)c2ccccc2)CC1. The van der Waals surface area contributed by atoms with Crippen molar-refractivity contribution in [1.82, 2.24) is 9.80 Å². The van der Waals surface area contributed by atoms with E-state index in [4.69, 9.17) is 4.74 Å². The first-order chi connectivity index (χ1) is 15.8. The third-order valence-corrected chi connectivity index (χ3v) is 8.00. The van der Waals surface area contributed by atoms with Crippen molar-refractivity contribution in [3.05, 3.63) is 71.8 Å². The molecule has 172 valence electrons. The number of fused-ring (bicyclic) bond motifs is 2. The monoisotopic (exact) mass is 434 g/mol. The lowest BCUT2D eigenvalue weighted by Gasteiger charge is -2.40. The van der Waals surface area contributed by atoms with E-state index < -0.39 is 0 Å². The normalized spacial score (nSPS) is 27.2. The molecule has 4 atom stereocenters. The van der Waals surface area contributed by atoms with Crippen molar-refractivity contribution in [2.75, 3.05) is 45.9 Å². The number of hydrogen-bond donors (Lipinski definition) is 1. The average molecular weight is 435 g/mol. The maximum Gasteiger partial charge on any atom is 0.0900 e. The standard InChI is InChI=1S/C28H38N2O2/c31-27(21-32-20-26-18-22-11-12-25(26)17-22)19-29-13-15-30(16-14-29)28(23-7-3-1-4-8-23)24-9-5-2-6-10-24/h1-10,22,25-28,31H,11-21H2/t22-,25-,26-,27+/m1/s1. The Morgan fingerprint density at radius 2 is 1.50 bits per heavy atom. The molecule has 5 rings (SSSR count). The lowest BCUT2D eigenvalue weighted by atomic mass is 9.90. The number of hydrogen-bond acceptors (Lipinski definition) is 4. The molecule has 3 fully saturated rings. The van der Waals surface area contributed by atoms with Crippen LogP contribution in [0, 0.1) is 17.8 Å². The summed E-state index contributed by atoms with van der Waals surface area (Å²) in [4.78, 5) is 4.98. The smallest absolute Gasteiger partial charge is 0.0900 e. The van der Waals surface area contributed by atoms with E-state index in [2.05, 4.69) is 70.5 Å². The minimum absolute atomic E-state index is 0.287. The Hall–Kier alpha value is -1.72. The summed E-state index contributed by atoms with van der Waals surface area (Å²) in [6.45, 7) is 6.03. The molecule has 3 aliphatic rings. The van der Waals surface area contributed by atoms with Crippen LogP contribution in [0.3, 0.4) is 0 Å². The Kier molecular flexibility index (Phi) is 7.23. The summed E-state index contributed by atoms with van der Waals surface area (Å²) in [6, 6.07) is 21.9. The minimum Gasteiger partial charge on any atom is -0.389 e. The van der Waals surface area contributed by atoms with Gasteiger partial charge in [0.25, 0.3) is 0 Å². The first-order valence-corrected chi connectivity index (χ1v) is 12.6. The van der Waals surface area contributed by atoms with E-state index in [0.29, 0.717) is 13.2 Å². The van der Waals surface area contributed by atoms with Crippen molar-refractivity contribution in [2.45, 2.75) is 37.8 Å². The van der Waals surface area contributed by atoms with Crippen LogP contribution in [-0.2, 0) is 4.74 Å². The Balaban J connectivity index is 1.10. The number of piperazine rings is 1. The highest BCUT2D eigenvalue weighted by molar-refractivity contribution is 5.31. The van der Waals surface area contributed by atoms with Crippen molar-refractivity contribution in [3.63, 3.8) is 0 Å². The fraction of sp³-hybridized carbons (Fsp3) is 0.571. The molecule has 4 nitrogen and oxygen atoms in total. The molecular formula is C28H38N2O2. The van der Waals surface area contributed by atoms with Gasteiger partial charge in [0.05, 0.1) is 18.8 Å². The van der Waals surface area contributed by atoms with E-state index in [0.717, 1.165) is 50.5 Å². The van der Waals surface area contributed by atoms with Crippen LogP contribution in [0.2, 0.25) is 0 Å². The van der Waals surface area contributed by atoms with Crippen molar-refractivity contribution in [2.24, 2.45) is 17.8 Å². The topological polar surface area (TPSA) is 35.9 Å². The van der Waals surface area contributed by atoms with E-state index in [1.54, 1.807) is 0 Å². The number of benzene rings is 2. The van der Waals surface area contributed by atoms with Crippen LogP contribution < -0.4 is 0 Å². The van der Waals surface area contributed by atoms with Crippen LogP contribution in [0.15, 0.2) is 60.7 Å². The van der Waals surface area contributed by atoms with Gasteiger partial charge in [-0.25, -0.2) is 0 Å². The first-order valence-electron chi connectivity index (χ1n) is 12.6. The van der Waals surface area contributed by atoms with Crippen molar-refractivity contribution in [3.8, 4) is 0 Å². The van der Waals surface area contributed by atoms with Crippen molar-refractivity contribution >= 4 is 0 Å². The fourth-order valence-electron chi connectivity index (χ4n) is 6.38. The summed E-state index contributed by atoms with van der Waals surface area (Å²) in [5, 5.41) is 10.6. The summed E-state index contributed by atoms with van der Waals surface area (Å²) in [5.74, 6) is 2.61. The molecular weight excluding hydrogens is 396 g/mol. The average Bonchev–Trinajstić information content (AvgIpc) is 3.45. The van der Waals surface area contributed by atoms with E-state index in [1.165, 1.54) is 36.8 Å². The van der Waals surface area contributed by atoms with Crippen LogP contribution in [0.1, 0.15) is 42.9 Å². The molecule has 0 radical (unpaired) electrons. The van der Waals surface area contributed by atoms with Gasteiger partial charge in [0.1, 0.15) is 0 Å². The summed E-state index contributed by atoms with van der Waals surface area (Å²) in [7, 11) is 0. The molecule has 2 saturated carbocycles. The van der Waals surface area contributed by atoms with Gasteiger partial charge in [0.2, 0.25) is 0 Å². The highest BCUT2D eigenvalue weighted by Gasteiger charge is 2.39. The van der Waals surface area contributed by atoms with Gasteiger partial charge in [-0.15, -0.1) is 0 Å². The number of rotatable bonds is 9. The molecule has 2 aromatic rings. The van der Waals surface area contributed by atoms with Gasteiger partial charge in [-0.1, -0.05) is 67.1 Å². The van der Waals surface area contributed by atoms with Gasteiger partial charge in [-0.3, -0.25) is 9.80 Å². The Morgan fingerprint density at radius 3 is 2.06 bits per heavy atom. The van der Waals surface area contributed by atoms with E-state index in [9.17, 15) is 5.11 Å². The second-order valence-corrected chi connectivity index (χ2v) is 10.2.